The average molecular weight is 164 g/mol. The molecule has 3 N–H and O–H groups in total. The quantitative estimate of drug-likeness (QED) is 0.614. The van der Waals surface area contributed by atoms with Gasteiger partial charge in [-0.2, -0.15) is 0 Å². The van der Waals surface area contributed by atoms with Crippen molar-refractivity contribution in [3.63, 3.8) is 0 Å². The Bertz CT molecular complexity index is 408. The van der Waals surface area contributed by atoms with Crippen molar-refractivity contribution in [3.05, 3.63) is 24.1 Å². The molecule has 1 aromatic carbocycles. The van der Waals surface area contributed by atoms with Crippen LogP contribution < -0.4 is 5.73 Å². The second kappa shape index (κ2) is 2.49. The minimum Gasteiger partial charge on any atom is -0.438 e. The maximum atomic E-state index is 8.73. The van der Waals surface area contributed by atoms with Gasteiger partial charge in [0.05, 0.1) is 5.69 Å². The summed E-state index contributed by atoms with van der Waals surface area (Å²) in [5.74, 6) is 0.294. The van der Waals surface area contributed by atoms with Crippen LogP contribution >= 0.6 is 0 Å². The third-order valence-corrected chi connectivity index (χ3v) is 1.63. The molecule has 62 valence electrons. The molecule has 0 aliphatic heterocycles. The molecule has 0 fully saturated rings. The zero-order valence-corrected chi connectivity index (χ0v) is 6.32. The van der Waals surface area contributed by atoms with E-state index in [1.807, 2.05) is 0 Å². The lowest BCUT2D eigenvalue weighted by Gasteiger charge is -1.89. The number of rotatable bonds is 1. The van der Waals surface area contributed by atoms with Crippen LogP contribution in [0.15, 0.2) is 22.6 Å². The van der Waals surface area contributed by atoms with Crippen molar-refractivity contribution in [2.45, 2.75) is 6.61 Å². The number of nitrogen functional groups attached to an aromatic ring is 1. The number of nitrogens with two attached hydrogens (primary N) is 1. The Morgan fingerprint density at radius 1 is 1.50 bits per heavy atom. The summed E-state index contributed by atoms with van der Waals surface area (Å²) >= 11 is 0. The molecule has 0 bridgehead atoms. The van der Waals surface area contributed by atoms with Crippen molar-refractivity contribution in [1.29, 1.82) is 0 Å². The molecule has 0 radical (unpaired) electrons. The van der Waals surface area contributed by atoms with Gasteiger partial charge in [0.1, 0.15) is 12.1 Å². The molecule has 4 nitrogen and oxygen atoms in total. The zero-order chi connectivity index (χ0) is 8.55. The first-order valence-corrected chi connectivity index (χ1v) is 3.56. The lowest BCUT2D eigenvalue weighted by atomic mass is 10.3. The smallest absolute Gasteiger partial charge is 0.221 e. The average Bonchev–Trinajstić information content (AvgIpc) is 2.49. The van der Waals surface area contributed by atoms with Gasteiger partial charge in [0, 0.05) is 0 Å². The van der Waals surface area contributed by atoms with Crippen molar-refractivity contribution in [2.75, 3.05) is 5.73 Å². The van der Waals surface area contributed by atoms with Gasteiger partial charge in [-0.1, -0.05) is 6.07 Å². The van der Waals surface area contributed by atoms with Gasteiger partial charge in [0.25, 0.3) is 0 Å². The van der Waals surface area contributed by atoms with E-state index in [1.54, 1.807) is 18.2 Å². The van der Waals surface area contributed by atoms with Crippen molar-refractivity contribution in [3.8, 4) is 0 Å². The van der Waals surface area contributed by atoms with Crippen molar-refractivity contribution >= 4 is 16.8 Å². The van der Waals surface area contributed by atoms with E-state index in [2.05, 4.69) is 4.98 Å². The number of benzene rings is 1. The van der Waals surface area contributed by atoms with Gasteiger partial charge in [0.15, 0.2) is 5.58 Å². The molecule has 4 heteroatoms. The Morgan fingerprint density at radius 3 is 3.00 bits per heavy atom. The van der Waals surface area contributed by atoms with Crippen molar-refractivity contribution in [1.82, 2.24) is 4.98 Å². The number of para-hydroxylation sites is 1. The summed E-state index contributed by atoms with van der Waals surface area (Å²) in [6.07, 6.45) is 0. The third kappa shape index (κ3) is 0.931. The van der Waals surface area contributed by atoms with Gasteiger partial charge in [-0.3, -0.25) is 0 Å². The largest absolute Gasteiger partial charge is 0.438 e. The first kappa shape index (κ1) is 7.12. The molecular weight excluding hydrogens is 156 g/mol. The highest BCUT2D eigenvalue weighted by molar-refractivity contribution is 5.85. The topological polar surface area (TPSA) is 72.3 Å². The fraction of sp³-hybridized carbons (Fsp3) is 0.125. The number of oxazole rings is 1. The molecule has 2 aromatic rings. The van der Waals surface area contributed by atoms with E-state index < -0.39 is 0 Å². The highest BCUT2D eigenvalue weighted by atomic mass is 16.4. The van der Waals surface area contributed by atoms with Crippen molar-refractivity contribution < 1.29 is 9.52 Å². The Hall–Kier alpha value is -1.55. The van der Waals surface area contributed by atoms with Gasteiger partial charge >= 0.3 is 0 Å². The molecule has 0 spiro atoms. The first-order valence-electron chi connectivity index (χ1n) is 3.56. The van der Waals surface area contributed by atoms with Crippen molar-refractivity contribution in [2.24, 2.45) is 0 Å². The van der Waals surface area contributed by atoms with Gasteiger partial charge in [-0.05, 0) is 12.1 Å². The number of fused-ring (bicyclic) bond motifs is 1. The monoisotopic (exact) mass is 164 g/mol. The van der Waals surface area contributed by atoms with Gasteiger partial charge in [0.2, 0.25) is 5.89 Å². The molecule has 1 aromatic heterocycles. The van der Waals surface area contributed by atoms with E-state index in [-0.39, 0.29) is 6.61 Å². The van der Waals surface area contributed by atoms with E-state index in [4.69, 9.17) is 15.3 Å². The maximum Gasteiger partial charge on any atom is 0.221 e. The Balaban J connectivity index is 2.74. The van der Waals surface area contributed by atoms with Crippen LogP contribution in [0, 0.1) is 0 Å². The summed E-state index contributed by atoms with van der Waals surface area (Å²) in [5.41, 5.74) is 7.41. The van der Waals surface area contributed by atoms with E-state index in [0.29, 0.717) is 22.7 Å². The molecule has 0 aliphatic rings. The molecule has 0 saturated heterocycles. The minimum atomic E-state index is -0.200. The summed E-state index contributed by atoms with van der Waals surface area (Å²) in [5, 5.41) is 8.73. The number of aliphatic hydroxyl groups excluding tert-OH is 1. The SMILES string of the molecule is Nc1cccc2oc(CO)nc12. The summed E-state index contributed by atoms with van der Waals surface area (Å²) in [6.45, 7) is -0.200. The van der Waals surface area contributed by atoms with Crippen LogP contribution in [0.3, 0.4) is 0 Å². The number of hydrogen-bond acceptors (Lipinski definition) is 4. The molecule has 0 aliphatic carbocycles. The second-order valence-electron chi connectivity index (χ2n) is 2.46. The Labute approximate surface area is 68.6 Å². The predicted molar refractivity (Wildman–Crippen MR) is 44.3 cm³/mol. The molecule has 1 heterocycles. The summed E-state index contributed by atoms with van der Waals surface area (Å²) in [6, 6.07) is 5.29. The summed E-state index contributed by atoms with van der Waals surface area (Å²) in [7, 11) is 0. The summed E-state index contributed by atoms with van der Waals surface area (Å²) in [4.78, 5) is 3.99. The van der Waals surface area contributed by atoms with Crippen LogP contribution in [0.2, 0.25) is 0 Å². The minimum absolute atomic E-state index is 0.200. The standard InChI is InChI=1S/C8H8N2O2/c9-5-2-1-3-6-8(5)10-7(4-11)12-6/h1-3,11H,4,9H2. The first-order chi connectivity index (χ1) is 5.81. The number of nitrogens with zero attached hydrogens (tertiary/aromatic N) is 1. The Morgan fingerprint density at radius 2 is 2.33 bits per heavy atom. The fourth-order valence-electron chi connectivity index (χ4n) is 1.08. The highest BCUT2D eigenvalue weighted by Gasteiger charge is 2.05. The Kier molecular flexibility index (Phi) is 1.48. The van der Waals surface area contributed by atoms with Gasteiger partial charge in [-0.25, -0.2) is 4.98 Å². The molecule has 0 saturated carbocycles. The van der Waals surface area contributed by atoms with Gasteiger partial charge < -0.3 is 15.3 Å². The molecule has 0 atom stereocenters. The summed E-state index contributed by atoms with van der Waals surface area (Å²) < 4.78 is 5.16. The molecule has 0 amide bonds. The number of anilines is 1. The van der Waals surface area contributed by atoms with E-state index in [9.17, 15) is 0 Å². The van der Waals surface area contributed by atoms with Crippen LogP contribution in [0.5, 0.6) is 0 Å². The molecule has 12 heavy (non-hydrogen) atoms. The maximum absolute atomic E-state index is 8.73. The van der Waals surface area contributed by atoms with Gasteiger partial charge in [-0.15, -0.1) is 0 Å². The number of hydrogen-bond donors (Lipinski definition) is 2. The normalized spacial score (nSPS) is 10.8. The number of aromatic nitrogens is 1. The van der Waals surface area contributed by atoms with Crippen LogP contribution in [0.25, 0.3) is 11.1 Å². The van der Waals surface area contributed by atoms with E-state index in [1.165, 1.54) is 0 Å². The molecular formula is C8H8N2O2. The predicted octanol–water partition coefficient (Wildman–Crippen LogP) is 0.902. The van der Waals surface area contributed by atoms with E-state index >= 15 is 0 Å². The number of aliphatic hydroxyl groups is 1. The van der Waals surface area contributed by atoms with Crippen LogP contribution in [-0.4, -0.2) is 10.1 Å². The van der Waals surface area contributed by atoms with Crippen LogP contribution in [-0.2, 0) is 6.61 Å². The highest BCUT2D eigenvalue weighted by Crippen LogP contribution is 2.20. The zero-order valence-electron chi connectivity index (χ0n) is 6.32. The fourth-order valence-corrected chi connectivity index (χ4v) is 1.08. The molecule has 0 unspecified atom stereocenters. The van der Waals surface area contributed by atoms with Crippen LogP contribution in [0.1, 0.15) is 5.89 Å². The lowest BCUT2D eigenvalue weighted by molar-refractivity contribution is 0.244. The van der Waals surface area contributed by atoms with E-state index in [0.717, 1.165) is 0 Å². The lowest BCUT2D eigenvalue weighted by Crippen LogP contribution is -1.85. The molecule has 2 rings (SSSR count). The van der Waals surface area contributed by atoms with Crippen LogP contribution in [0.4, 0.5) is 5.69 Å². The third-order valence-electron chi connectivity index (χ3n) is 1.63. The second-order valence-corrected chi connectivity index (χ2v) is 2.46.